The summed E-state index contributed by atoms with van der Waals surface area (Å²) in [7, 11) is 0. The molecule has 0 rings (SSSR count). The molecule has 0 fully saturated rings. The summed E-state index contributed by atoms with van der Waals surface area (Å²) in [6.45, 7) is 16.2. The molecule has 0 aromatic carbocycles. The van der Waals surface area contributed by atoms with E-state index in [0.717, 1.165) is 0 Å². The van der Waals surface area contributed by atoms with Gasteiger partial charge in [-0.2, -0.15) is 0 Å². The molecule has 0 saturated carbocycles. The van der Waals surface area contributed by atoms with Gasteiger partial charge in [0.05, 0.1) is 26.2 Å². The van der Waals surface area contributed by atoms with Crippen LogP contribution in [0.15, 0.2) is 0 Å². The number of aliphatic hydroxyl groups is 1. The van der Waals surface area contributed by atoms with E-state index in [0.29, 0.717) is 0 Å². The van der Waals surface area contributed by atoms with Gasteiger partial charge in [-0.05, 0) is 34.6 Å². The van der Waals surface area contributed by atoms with Crippen LogP contribution >= 0.6 is 0 Å². The van der Waals surface area contributed by atoms with Crippen LogP contribution in [0.1, 0.15) is 34.6 Å². The monoisotopic (exact) mass is 193 g/mol. The maximum absolute atomic E-state index is 7.57. The third-order valence-corrected chi connectivity index (χ3v) is 2.68. The summed E-state index contributed by atoms with van der Waals surface area (Å²) in [5, 5.41) is 7.57. The van der Waals surface area contributed by atoms with Gasteiger partial charge in [0.15, 0.2) is 0 Å². The highest BCUT2D eigenvalue weighted by atomic mass is 16.2. The Kier molecular flexibility index (Phi) is 17.0. The van der Waals surface area contributed by atoms with Gasteiger partial charge in [0.2, 0.25) is 0 Å². The van der Waals surface area contributed by atoms with Crippen LogP contribution < -0.4 is 0 Å². The second-order valence-corrected chi connectivity index (χ2v) is 2.92. The van der Waals surface area contributed by atoms with E-state index in [9.17, 15) is 0 Å². The molecule has 0 aliphatic carbocycles. The van der Waals surface area contributed by atoms with E-state index in [4.69, 9.17) is 5.11 Å². The lowest BCUT2D eigenvalue weighted by molar-refractivity contribution is -0.921. The molecule has 13 heavy (non-hydrogen) atoms. The second kappa shape index (κ2) is 11.9. The van der Waals surface area contributed by atoms with Gasteiger partial charge in [0.25, 0.3) is 0 Å². The van der Waals surface area contributed by atoms with Crippen LogP contribution in [0.4, 0.5) is 0 Å². The minimum absolute atomic E-state index is 0. The first kappa shape index (κ1) is 18.6. The molecule has 2 N–H and O–H groups in total. The van der Waals surface area contributed by atoms with Gasteiger partial charge < -0.3 is 15.1 Å². The van der Waals surface area contributed by atoms with Crippen LogP contribution in [-0.4, -0.2) is 47.9 Å². The second-order valence-electron chi connectivity index (χ2n) is 2.92. The SMILES string of the molecule is CCO.CC[N+](CC)(CC)CC.[OH-]. The van der Waals surface area contributed by atoms with Gasteiger partial charge >= 0.3 is 0 Å². The van der Waals surface area contributed by atoms with E-state index in [1.54, 1.807) is 6.92 Å². The van der Waals surface area contributed by atoms with Crippen molar-refractivity contribution < 1.29 is 15.1 Å². The lowest BCUT2D eigenvalue weighted by Crippen LogP contribution is -2.47. The molecule has 84 valence electrons. The molecule has 0 radical (unpaired) electrons. The lowest BCUT2D eigenvalue weighted by Gasteiger charge is -2.34. The molecular formula is C10H27NO2. The van der Waals surface area contributed by atoms with Crippen LogP contribution in [0.5, 0.6) is 0 Å². The van der Waals surface area contributed by atoms with E-state index in [1.165, 1.54) is 30.7 Å². The first-order valence-corrected chi connectivity index (χ1v) is 5.12. The molecule has 0 bridgehead atoms. The minimum atomic E-state index is 0. The summed E-state index contributed by atoms with van der Waals surface area (Å²) in [5.74, 6) is 0. The number of hydrogen-bond acceptors (Lipinski definition) is 2. The number of hydrogen-bond donors (Lipinski definition) is 1. The van der Waals surface area contributed by atoms with Crippen LogP contribution in [0.3, 0.4) is 0 Å². The molecule has 3 heteroatoms. The molecule has 0 aliphatic heterocycles. The standard InChI is InChI=1S/C8H20N.C2H6O.H2O/c1-5-9(6-2,7-3)8-4;1-2-3;/h5-8H2,1-4H3;3H,2H2,1H3;1H2/q+1;;/p-1. The van der Waals surface area contributed by atoms with Crippen molar-refractivity contribution in [3.63, 3.8) is 0 Å². The van der Waals surface area contributed by atoms with Crippen molar-refractivity contribution >= 4 is 0 Å². The Morgan fingerprint density at radius 3 is 0.923 bits per heavy atom. The van der Waals surface area contributed by atoms with Crippen molar-refractivity contribution in [1.29, 1.82) is 0 Å². The topological polar surface area (TPSA) is 50.2 Å². The Bertz CT molecular complexity index is 65.5. The predicted molar refractivity (Wildman–Crippen MR) is 57.1 cm³/mol. The fourth-order valence-corrected chi connectivity index (χ4v) is 1.34. The predicted octanol–water partition coefficient (Wildman–Crippen LogP) is 1.70. The average molecular weight is 193 g/mol. The summed E-state index contributed by atoms with van der Waals surface area (Å²) in [6, 6.07) is 0. The Balaban J connectivity index is -0.000000220. The first-order valence-electron chi connectivity index (χ1n) is 5.12. The van der Waals surface area contributed by atoms with Gasteiger partial charge in [0, 0.05) is 6.61 Å². The lowest BCUT2D eigenvalue weighted by atomic mass is 10.3. The Morgan fingerprint density at radius 2 is 0.923 bits per heavy atom. The van der Waals surface area contributed by atoms with Gasteiger partial charge in [-0.1, -0.05) is 0 Å². The van der Waals surface area contributed by atoms with Crippen LogP contribution in [0, 0.1) is 0 Å². The number of nitrogens with zero attached hydrogens (tertiary/aromatic N) is 1. The molecule has 0 saturated heterocycles. The summed E-state index contributed by atoms with van der Waals surface area (Å²) in [6.07, 6.45) is 0. The van der Waals surface area contributed by atoms with Gasteiger partial charge in [-0.15, -0.1) is 0 Å². The third kappa shape index (κ3) is 8.22. The first-order chi connectivity index (χ1) is 5.66. The summed E-state index contributed by atoms with van der Waals surface area (Å²) >= 11 is 0. The van der Waals surface area contributed by atoms with E-state index in [2.05, 4.69) is 27.7 Å². The molecule has 0 unspecified atom stereocenters. The Labute approximate surface area is 83.3 Å². The highest BCUT2D eigenvalue weighted by molar-refractivity contribution is 4.31. The zero-order valence-electron chi connectivity index (χ0n) is 9.88. The number of quaternary nitrogens is 1. The quantitative estimate of drug-likeness (QED) is 0.691. The molecule has 0 amide bonds. The zero-order valence-corrected chi connectivity index (χ0v) is 9.88. The van der Waals surface area contributed by atoms with Crippen molar-refractivity contribution in [3.8, 4) is 0 Å². The molecule has 0 heterocycles. The van der Waals surface area contributed by atoms with Crippen molar-refractivity contribution in [2.75, 3.05) is 32.8 Å². The smallest absolute Gasteiger partial charge is 0.0757 e. The van der Waals surface area contributed by atoms with Crippen molar-refractivity contribution in [1.82, 2.24) is 0 Å². The number of rotatable bonds is 4. The fraction of sp³-hybridized carbons (Fsp3) is 1.00. The van der Waals surface area contributed by atoms with E-state index >= 15 is 0 Å². The summed E-state index contributed by atoms with van der Waals surface area (Å²) < 4.78 is 1.28. The minimum Gasteiger partial charge on any atom is -0.870 e. The van der Waals surface area contributed by atoms with E-state index < -0.39 is 0 Å². The molecule has 0 atom stereocenters. The maximum Gasteiger partial charge on any atom is 0.0757 e. The Morgan fingerprint density at radius 1 is 0.769 bits per heavy atom. The molecule has 0 spiro atoms. The summed E-state index contributed by atoms with van der Waals surface area (Å²) in [4.78, 5) is 0. The zero-order chi connectivity index (χ0) is 10.0. The van der Waals surface area contributed by atoms with Crippen LogP contribution in [0.2, 0.25) is 0 Å². The Hall–Kier alpha value is -0.120. The van der Waals surface area contributed by atoms with E-state index in [-0.39, 0.29) is 12.1 Å². The number of aliphatic hydroxyl groups excluding tert-OH is 1. The summed E-state index contributed by atoms with van der Waals surface area (Å²) in [5.41, 5.74) is 0. The van der Waals surface area contributed by atoms with Gasteiger partial charge in [-0.25, -0.2) is 0 Å². The van der Waals surface area contributed by atoms with Crippen LogP contribution in [-0.2, 0) is 0 Å². The molecule has 0 aromatic heterocycles. The maximum atomic E-state index is 7.57. The normalized spacial score (nSPS) is 9.69. The molecule has 0 aliphatic rings. The third-order valence-electron chi connectivity index (χ3n) is 2.68. The van der Waals surface area contributed by atoms with Crippen molar-refractivity contribution in [2.24, 2.45) is 0 Å². The van der Waals surface area contributed by atoms with Crippen molar-refractivity contribution in [3.05, 3.63) is 0 Å². The van der Waals surface area contributed by atoms with Crippen LogP contribution in [0.25, 0.3) is 0 Å². The van der Waals surface area contributed by atoms with Crippen molar-refractivity contribution in [2.45, 2.75) is 34.6 Å². The molecule has 0 aromatic rings. The fourth-order valence-electron chi connectivity index (χ4n) is 1.34. The van der Waals surface area contributed by atoms with Gasteiger partial charge in [-0.3, -0.25) is 0 Å². The molecular weight excluding hydrogens is 166 g/mol. The highest BCUT2D eigenvalue weighted by Crippen LogP contribution is 2.03. The molecule has 3 nitrogen and oxygen atoms in total. The largest absolute Gasteiger partial charge is 0.870 e. The van der Waals surface area contributed by atoms with E-state index in [1.807, 2.05) is 0 Å². The average Bonchev–Trinajstić information content (AvgIpc) is 2.11. The van der Waals surface area contributed by atoms with Gasteiger partial charge in [0.1, 0.15) is 0 Å². The highest BCUT2D eigenvalue weighted by Gasteiger charge is 2.16.